The third-order valence-corrected chi connectivity index (χ3v) is 7.50. The molecule has 0 atom stereocenters. The van der Waals surface area contributed by atoms with Crippen LogP contribution in [-0.2, 0) is 19.5 Å². The molecular weight excluding hydrogens is 460 g/mol. The number of rotatable bonds is 6. The minimum atomic E-state index is -0.201. The molecule has 0 saturated carbocycles. The maximum absolute atomic E-state index is 13.2. The van der Waals surface area contributed by atoms with E-state index >= 15 is 0 Å². The molecule has 0 fully saturated rings. The number of carbonyl (C=O) groups excluding carboxylic acids is 1. The predicted molar refractivity (Wildman–Crippen MR) is 140 cm³/mol. The Labute approximate surface area is 208 Å². The molecule has 1 amide bonds. The summed E-state index contributed by atoms with van der Waals surface area (Å²) in [5, 5.41) is 3.80. The molecule has 0 spiro atoms. The first-order valence-corrected chi connectivity index (χ1v) is 12.3. The third-order valence-electron chi connectivity index (χ3n) is 6.40. The van der Waals surface area contributed by atoms with Crippen LogP contribution in [0.3, 0.4) is 0 Å². The number of hydrogen-bond donors (Lipinski definition) is 2. The van der Waals surface area contributed by atoms with E-state index < -0.39 is 0 Å². The quantitative estimate of drug-likeness (QED) is 0.416. The molecule has 2 aromatic carbocycles. The van der Waals surface area contributed by atoms with Crippen molar-refractivity contribution < 1.29 is 14.3 Å². The highest BCUT2D eigenvalue weighted by molar-refractivity contribution is 7.21. The molecule has 1 aliphatic rings. The average Bonchev–Trinajstić information content (AvgIpc) is 3.22. The zero-order valence-corrected chi connectivity index (χ0v) is 20.9. The SMILES string of the molecule is COc1ccc(OC)c(-c2c3c(nc4sc(C(=O)NCc5ccccc5)c(N)c24)CCN(C)C3)c1. The van der Waals surface area contributed by atoms with Crippen LogP contribution in [0.15, 0.2) is 48.5 Å². The molecule has 0 saturated heterocycles. The summed E-state index contributed by atoms with van der Waals surface area (Å²) in [6.07, 6.45) is 0.828. The minimum Gasteiger partial charge on any atom is -0.497 e. The Morgan fingerprint density at radius 2 is 1.97 bits per heavy atom. The van der Waals surface area contributed by atoms with Crippen molar-refractivity contribution in [2.45, 2.75) is 19.5 Å². The number of nitrogens with two attached hydrogens (primary N) is 1. The molecule has 5 rings (SSSR count). The van der Waals surface area contributed by atoms with Gasteiger partial charge in [-0.25, -0.2) is 4.98 Å². The highest BCUT2D eigenvalue weighted by Crippen LogP contribution is 2.46. The van der Waals surface area contributed by atoms with Crippen molar-refractivity contribution >= 4 is 33.1 Å². The number of ether oxygens (including phenoxy) is 2. The van der Waals surface area contributed by atoms with Crippen molar-refractivity contribution in [3.63, 3.8) is 0 Å². The van der Waals surface area contributed by atoms with Gasteiger partial charge in [0, 0.05) is 48.3 Å². The summed E-state index contributed by atoms with van der Waals surface area (Å²) < 4.78 is 11.3. The van der Waals surface area contributed by atoms with Gasteiger partial charge in [-0.05, 0) is 36.4 Å². The smallest absolute Gasteiger partial charge is 0.263 e. The van der Waals surface area contributed by atoms with Gasteiger partial charge < -0.3 is 25.4 Å². The van der Waals surface area contributed by atoms with Gasteiger partial charge in [-0.15, -0.1) is 11.3 Å². The van der Waals surface area contributed by atoms with Gasteiger partial charge >= 0.3 is 0 Å². The van der Waals surface area contributed by atoms with Crippen molar-refractivity contribution in [1.82, 2.24) is 15.2 Å². The number of hydrogen-bond acceptors (Lipinski definition) is 7. The lowest BCUT2D eigenvalue weighted by atomic mass is 9.91. The van der Waals surface area contributed by atoms with Crippen molar-refractivity contribution in [3.8, 4) is 22.6 Å². The van der Waals surface area contributed by atoms with Gasteiger partial charge in [0.2, 0.25) is 0 Å². The second kappa shape index (κ2) is 9.56. The van der Waals surface area contributed by atoms with Crippen molar-refractivity contribution in [1.29, 1.82) is 0 Å². The number of nitrogens with zero attached hydrogens (tertiary/aromatic N) is 2. The zero-order chi connectivity index (χ0) is 24.5. The highest BCUT2D eigenvalue weighted by Gasteiger charge is 2.28. The summed E-state index contributed by atoms with van der Waals surface area (Å²) in [6.45, 7) is 2.09. The van der Waals surface area contributed by atoms with Crippen LogP contribution in [0.1, 0.15) is 26.5 Å². The molecule has 180 valence electrons. The molecule has 1 aliphatic heterocycles. The standard InChI is InChI=1S/C27H28N4O3S/c1-31-12-11-20-19(15-31)22(18-13-17(33-2)9-10-21(18)34-3)23-24(28)25(35-27(23)30-20)26(32)29-14-16-7-5-4-6-8-16/h4-10,13H,11-12,14-15,28H2,1-3H3,(H,29,32). The summed E-state index contributed by atoms with van der Waals surface area (Å²) in [7, 11) is 5.39. The van der Waals surface area contributed by atoms with Gasteiger partial charge in [-0.3, -0.25) is 4.79 Å². The van der Waals surface area contributed by atoms with Crippen LogP contribution in [0.25, 0.3) is 21.3 Å². The molecule has 0 bridgehead atoms. The van der Waals surface area contributed by atoms with Crippen molar-refractivity contribution in [2.24, 2.45) is 0 Å². The topological polar surface area (TPSA) is 89.7 Å². The molecular formula is C27H28N4O3S. The fraction of sp³-hybridized carbons (Fsp3) is 0.259. The van der Waals surface area contributed by atoms with Gasteiger partial charge in [0.25, 0.3) is 5.91 Å². The van der Waals surface area contributed by atoms with Gasteiger partial charge in [-0.1, -0.05) is 30.3 Å². The monoisotopic (exact) mass is 488 g/mol. The molecule has 0 aliphatic carbocycles. The Kier molecular flexibility index (Phi) is 6.32. The van der Waals surface area contributed by atoms with E-state index in [0.717, 1.165) is 69.2 Å². The number of carbonyl (C=O) groups is 1. The number of fused-ring (bicyclic) bond motifs is 2. The lowest BCUT2D eigenvalue weighted by molar-refractivity contribution is 0.0956. The number of amides is 1. The Morgan fingerprint density at radius 1 is 1.17 bits per heavy atom. The van der Waals surface area contributed by atoms with Crippen molar-refractivity contribution in [3.05, 3.63) is 70.2 Å². The lowest BCUT2D eigenvalue weighted by Crippen LogP contribution is -2.28. The van der Waals surface area contributed by atoms with Gasteiger partial charge in [0.15, 0.2) is 0 Å². The zero-order valence-electron chi connectivity index (χ0n) is 20.1. The lowest BCUT2D eigenvalue weighted by Gasteiger charge is -2.27. The van der Waals surface area contributed by atoms with Crippen LogP contribution in [0.2, 0.25) is 0 Å². The van der Waals surface area contributed by atoms with Crippen molar-refractivity contribution in [2.75, 3.05) is 33.5 Å². The van der Waals surface area contributed by atoms with E-state index in [2.05, 4.69) is 17.3 Å². The van der Waals surface area contributed by atoms with Crippen LogP contribution in [0.4, 0.5) is 5.69 Å². The average molecular weight is 489 g/mol. The minimum absolute atomic E-state index is 0.201. The molecule has 4 aromatic rings. The molecule has 2 aromatic heterocycles. The summed E-state index contributed by atoms with van der Waals surface area (Å²) in [6, 6.07) is 15.6. The molecule has 0 radical (unpaired) electrons. The maximum atomic E-state index is 13.2. The number of nitrogen functional groups attached to an aromatic ring is 1. The Balaban J connectivity index is 1.68. The molecule has 0 unspecified atom stereocenters. The predicted octanol–water partition coefficient (Wildman–Crippen LogP) is 4.48. The van der Waals surface area contributed by atoms with E-state index in [1.807, 2.05) is 48.5 Å². The number of aromatic nitrogens is 1. The number of methoxy groups -OCH3 is 2. The molecule has 8 heteroatoms. The first-order valence-electron chi connectivity index (χ1n) is 11.5. The van der Waals surface area contributed by atoms with Crippen LogP contribution in [0, 0.1) is 0 Å². The first-order chi connectivity index (χ1) is 17.0. The van der Waals surface area contributed by atoms with E-state index in [0.29, 0.717) is 17.1 Å². The van der Waals surface area contributed by atoms with E-state index in [1.54, 1.807) is 14.2 Å². The second-order valence-corrected chi connectivity index (χ2v) is 9.66. The first kappa shape index (κ1) is 23.1. The van der Waals surface area contributed by atoms with Crippen LogP contribution in [-0.4, -0.2) is 43.6 Å². The molecule has 3 N–H and O–H groups in total. The Morgan fingerprint density at radius 3 is 2.71 bits per heavy atom. The fourth-order valence-electron chi connectivity index (χ4n) is 4.59. The maximum Gasteiger partial charge on any atom is 0.263 e. The molecule has 35 heavy (non-hydrogen) atoms. The summed E-state index contributed by atoms with van der Waals surface area (Å²) in [4.78, 5) is 21.7. The van der Waals surface area contributed by atoms with E-state index in [9.17, 15) is 4.79 Å². The number of anilines is 1. The van der Waals surface area contributed by atoms with Gasteiger partial charge in [0.1, 0.15) is 21.2 Å². The normalized spacial score (nSPS) is 13.5. The van der Waals surface area contributed by atoms with E-state index in [1.165, 1.54) is 11.3 Å². The Hall–Kier alpha value is -3.62. The summed E-state index contributed by atoms with van der Waals surface area (Å²) in [5.74, 6) is 1.24. The third kappa shape index (κ3) is 4.31. The van der Waals surface area contributed by atoms with Gasteiger partial charge in [-0.2, -0.15) is 0 Å². The summed E-state index contributed by atoms with van der Waals surface area (Å²) >= 11 is 1.34. The number of likely N-dealkylation sites (N-methyl/N-ethyl adjacent to an activating group) is 1. The molecule has 3 heterocycles. The van der Waals surface area contributed by atoms with Crippen LogP contribution in [0.5, 0.6) is 11.5 Å². The second-order valence-electron chi connectivity index (χ2n) is 8.66. The highest BCUT2D eigenvalue weighted by atomic mass is 32.1. The van der Waals surface area contributed by atoms with E-state index in [-0.39, 0.29) is 5.91 Å². The fourth-order valence-corrected chi connectivity index (χ4v) is 5.63. The number of pyridine rings is 1. The Bertz CT molecular complexity index is 1400. The number of thiophene rings is 1. The largest absolute Gasteiger partial charge is 0.497 e. The number of benzene rings is 2. The van der Waals surface area contributed by atoms with Gasteiger partial charge in [0.05, 0.1) is 19.9 Å². The summed E-state index contributed by atoms with van der Waals surface area (Å²) in [5.41, 5.74) is 12.2. The number of nitrogens with one attached hydrogen (secondary N) is 1. The molecule has 7 nitrogen and oxygen atoms in total. The van der Waals surface area contributed by atoms with Crippen LogP contribution < -0.4 is 20.5 Å². The van der Waals surface area contributed by atoms with Crippen LogP contribution >= 0.6 is 11.3 Å². The van der Waals surface area contributed by atoms with E-state index in [4.69, 9.17) is 20.2 Å².